The Morgan fingerprint density at radius 2 is 2.20 bits per heavy atom. The van der Waals surface area contributed by atoms with Gasteiger partial charge in [-0.2, -0.15) is 5.26 Å². The number of fused-ring (bicyclic) bond motifs is 2. The van der Waals surface area contributed by atoms with Crippen LogP contribution in [-0.2, 0) is 12.2 Å². The molecule has 2 aliphatic rings. The highest BCUT2D eigenvalue weighted by Crippen LogP contribution is 2.33. The lowest BCUT2D eigenvalue weighted by atomic mass is 9.97. The zero-order chi connectivity index (χ0) is 14.3. The molecular weight excluding hydrogens is 320 g/mol. The molecule has 6 heteroatoms. The maximum atomic E-state index is 12.5. The van der Waals surface area contributed by atoms with Crippen LogP contribution in [0.1, 0.15) is 24.1 Å². The summed E-state index contributed by atoms with van der Waals surface area (Å²) in [4.78, 5) is 14.6. The van der Waals surface area contributed by atoms with Gasteiger partial charge in [0.15, 0.2) is 0 Å². The normalized spacial score (nSPS) is 20.9. The molecule has 0 atom stereocenters. The molecule has 106 valence electrons. The SMILES string of the molecule is Cc1cc(Br)c(=O)n2c1CNC21CCN(CC#N)CC1. The van der Waals surface area contributed by atoms with Crippen LogP contribution in [0.5, 0.6) is 0 Å². The number of aryl methyl sites for hydroxylation is 1. The Balaban J connectivity index is 1.98. The first kappa shape index (κ1) is 13.8. The number of nitrogens with zero attached hydrogens (tertiary/aromatic N) is 3. The van der Waals surface area contributed by atoms with Crippen LogP contribution in [0.4, 0.5) is 0 Å². The largest absolute Gasteiger partial charge is 0.291 e. The van der Waals surface area contributed by atoms with E-state index in [0.717, 1.165) is 43.7 Å². The van der Waals surface area contributed by atoms with Crippen molar-refractivity contribution in [2.45, 2.75) is 32.0 Å². The molecule has 1 saturated heterocycles. The number of piperidine rings is 1. The average molecular weight is 337 g/mol. The van der Waals surface area contributed by atoms with E-state index in [9.17, 15) is 4.79 Å². The number of pyridine rings is 1. The van der Waals surface area contributed by atoms with Crippen molar-refractivity contribution < 1.29 is 0 Å². The van der Waals surface area contributed by atoms with E-state index >= 15 is 0 Å². The van der Waals surface area contributed by atoms with Crippen LogP contribution < -0.4 is 10.9 Å². The molecule has 3 heterocycles. The third-order valence-corrected chi connectivity index (χ3v) is 5.03. The smallest absolute Gasteiger partial charge is 0.266 e. The number of hydrogen-bond acceptors (Lipinski definition) is 4. The van der Waals surface area contributed by atoms with Crippen molar-refractivity contribution in [1.82, 2.24) is 14.8 Å². The van der Waals surface area contributed by atoms with Gasteiger partial charge in [-0.1, -0.05) is 0 Å². The molecule has 5 nitrogen and oxygen atoms in total. The second-order valence-corrected chi connectivity index (χ2v) is 6.44. The molecule has 20 heavy (non-hydrogen) atoms. The summed E-state index contributed by atoms with van der Waals surface area (Å²) in [5.74, 6) is 0. The van der Waals surface area contributed by atoms with E-state index in [1.54, 1.807) is 0 Å². The molecule has 1 N–H and O–H groups in total. The van der Waals surface area contributed by atoms with E-state index in [4.69, 9.17) is 5.26 Å². The van der Waals surface area contributed by atoms with E-state index in [2.05, 4.69) is 32.2 Å². The van der Waals surface area contributed by atoms with Crippen LogP contribution >= 0.6 is 15.9 Å². The summed E-state index contributed by atoms with van der Waals surface area (Å²) >= 11 is 3.37. The third-order valence-electron chi connectivity index (χ3n) is 4.47. The van der Waals surface area contributed by atoms with Crippen LogP contribution in [0.15, 0.2) is 15.3 Å². The molecule has 0 amide bonds. The van der Waals surface area contributed by atoms with Gasteiger partial charge in [0.1, 0.15) is 5.66 Å². The molecule has 3 rings (SSSR count). The Bertz CT molecular complexity index is 638. The van der Waals surface area contributed by atoms with Crippen molar-refractivity contribution in [2.24, 2.45) is 0 Å². The van der Waals surface area contributed by atoms with Crippen molar-refractivity contribution in [3.63, 3.8) is 0 Å². The van der Waals surface area contributed by atoms with E-state index in [-0.39, 0.29) is 11.2 Å². The fourth-order valence-corrected chi connectivity index (χ4v) is 3.84. The van der Waals surface area contributed by atoms with Gasteiger partial charge in [-0.05, 0) is 47.3 Å². The minimum absolute atomic E-state index is 0.0457. The number of aromatic nitrogens is 1. The highest BCUT2D eigenvalue weighted by Gasteiger charge is 2.42. The fourth-order valence-electron chi connectivity index (χ4n) is 3.32. The minimum atomic E-state index is -0.271. The van der Waals surface area contributed by atoms with E-state index in [1.165, 1.54) is 0 Å². The lowest BCUT2D eigenvalue weighted by Crippen LogP contribution is -2.53. The zero-order valence-electron chi connectivity index (χ0n) is 11.4. The van der Waals surface area contributed by atoms with Crippen molar-refractivity contribution >= 4 is 15.9 Å². The minimum Gasteiger partial charge on any atom is -0.291 e. The second-order valence-electron chi connectivity index (χ2n) is 5.58. The van der Waals surface area contributed by atoms with Gasteiger partial charge in [0.25, 0.3) is 5.56 Å². The van der Waals surface area contributed by atoms with Gasteiger partial charge in [-0.3, -0.25) is 19.6 Å². The highest BCUT2D eigenvalue weighted by molar-refractivity contribution is 9.10. The number of nitriles is 1. The number of likely N-dealkylation sites (tertiary alicyclic amines) is 1. The predicted molar refractivity (Wildman–Crippen MR) is 79.2 cm³/mol. The molecule has 0 radical (unpaired) electrons. The summed E-state index contributed by atoms with van der Waals surface area (Å²) in [6, 6.07) is 4.10. The van der Waals surface area contributed by atoms with Crippen LogP contribution in [0, 0.1) is 18.3 Å². The molecule has 0 aromatic carbocycles. The average Bonchev–Trinajstić information content (AvgIpc) is 2.79. The maximum absolute atomic E-state index is 12.5. The van der Waals surface area contributed by atoms with Gasteiger partial charge in [0.2, 0.25) is 0 Å². The summed E-state index contributed by atoms with van der Waals surface area (Å²) in [7, 11) is 0. The zero-order valence-corrected chi connectivity index (χ0v) is 13.0. The fraction of sp³-hybridized carbons (Fsp3) is 0.571. The standard InChI is InChI=1S/C14H17BrN4O/c1-10-8-11(15)13(20)19-12(10)9-17-14(19)2-5-18(6-3-14)7-4-16/h8,17H,2-3,5-7,9H2,1H3. The maximum Gasteiger partial charge on any atom is 0.266 e. The van der Waals surface area contributed by atoms with Crippen molar-refractivity contribution in [3.05, 3.63) is 32.2 Å². The third kappa shape index (κ3) is 2.01. The van der Waals surface area contributed by atoms with Crippen LogP contribution in [0.3, 0.4) is 0 Å². The first-order valence-corrected chi connectivity index (χ1v) is 7.62. The topological polar surface area (TPSA) is 61.1 Å². The molecule has 0 aliphatic carbocycles. The molecule has 0 saturated carbocycles. The summed E-state index contributed by atoms with van der Waals surface area (Å²) in [6.45, 7) is 4.94. The number of rotatable bonds is 1. The molecule has 1 fully saturated rings. The van der Waals surface area contributed by atoms with Gasteiger partial charge in [0, 0.05) is 25.3 Å². The predicted octanol–water partition coefficient (Wildman–Crippen LogP) is 1.29. The van der Waals surface area contributed by atoms with E-state index in [0.29, 0.717) is 11.0 Å². The summed E-state index contributed by atoms with van der Waals surface area (Å²) in [5, 5.41) is 12.3. The Labute approximate surface area is 126 Å². The Morgan fingerprint density at radius 3 is 2.85 bits per heavy atom. The van der Waals surface area contributed by atoms with Gasteiger partial charge in [0.05, 0.1) is 17.1 Å². The monoisotopic (exact) mass is 336 g/mol. The number of halogens is 1. The quantitative estimate of drug-likeness (QED) is 0.785. The molecule has 1 aromatic rings. The van der Waals surface area contributed by atoms with Gasteiger partial charge < -0.3 is 0 Å². The summed E-state index contributed by atoms with van der Waals surface area (Å²) in [5.41, 5.74) is 2.00. The lowest BCUT2D eigenvalue weighted by molar-refractivity contribution is 0.101. The van der Waals surface area contributed by atoms with Crippen LogP contribution in [0.25, 0.3) is 0 Å². The highest BCUT2D eigenvalue weighted by atomic mass is 79.9. The number of hydrogen-bond donors (Lipinski definition) is 1. The summed E-state index contributed by atoms with van der Waals surface area (Å²) in [6.07, 6.45) is 1.72. The van der Waals surface area contributed by atoms with Gasteiger partial charge in [-0.15, -0.1) is 0 Å². The van der Waals surface area contributed by atoms with Crippen molar-refractivity contribution in [2.75, 3.05) is 19.6 Å². The molecule has 1 spiro atoms. The van der Waals surface area contributed by atoms with Crippen LogP contribution in [-0.4, -0.2) is 29.1 Å². The number of nitrogens with one attached hydrogen (secondary N) is 1. The molecular formula is C14H17BrN4O. The Kier molecular flexibility index (Phi) is 3.44. The first-order chi connectivity index (χ1) is 9.57. The van der Waals surface area contributed by atoms with E-state index < -0.39 is 0 Å². The molecule has 0 bridgehead atoms. The Hall–Kier alpha value is -1.16. The van der Waals surface area contributed by atoms with E-state index in [1.807, 2.05) is 17.6 Å². The lowest BCUT2D eigenvalue weighted by Gasteiger charge is -2.40. The van der Waals surface area contributed by atoms with Crippen LogP contribution in [0.2, 0.25) is 0 Å². The summed E-state index contributed by atoms with van der Waals surface area (Å²) < 4.78 is 2.57. The van der Waals surface area contributed by atoms with Crippen molar-refractivity contribution in [1.29, 1.82) is 5.26 Å². The molecule has 1 aromatic heterocycles. The van der Waals surface area contributed by atoms with Gasteiger partial charge in [-0.25, -0.2) is 0 Å². The molecule has 0 unspecified atom stereocenters. The van der Waals surface area contributed by atoms with Crippen molar-refractivity contribution in [3.8, 4) is 6.07 Å². The first-order valence-electron chi connectivity index (χ1n) is 6.83. The Morgan fingerprint density at radius 1 is 1.50 bits per heavy atom. The molecule has 2 aliphatic heterocycles. The van der Waals surface area contributed by atoms with Gasteiger partial charge >= 0.3 is 0 Å². The second kappa shape index (κ2) is 4.99.